The maximum Gasteiger partial charge on any atom is 0.152 e. The number of anilines is 1. The van der Waals surface area contributed by atoms with E-state index in [1.807, 2.05) is 12.1 Å². The van der Waals surface area contributed by atoms with Gasteiger partial charge in [-0.05, 0) is 18.6 Å². The Hall–Kier alpha value is -1.07. The topological polar surface area (TPSA) is 51.8 Å². The highest BCUT2D eigenvalue weighted by atomic mass is 32.2. The summed E-state index contributed by atoms with van der Waals surface area (Å²) in [6, 6.07) is 3.87. The molecule has 0 unspecified atom stereocenters. The summed E-state index contributed by atoms with van der Waals surface area (Å²) in [5.74, 6) is 1.08. The van der Waals surface area contributed by atoms with Crippen LogP contribution in [0.3, 0.4) is 0 Å². The summed E-state index contributed by atoms with van der Waals surface area (Å²) in [4.78, 5) is 8.61. The Morgan fingerprint density at radius 3 is 3.06 bits per heavy atom. The number of hydrogen-bond donors (Lipinski definition) is 1. The Balaban J connectivity index is 2.25. The molecular formula is C11H13N3S2. The van der Waals surface area contributed by atoms with E-state index in [1.54, 1.807) is 35.5 Å². The first-order valence-corrected chi connectivity index (χ1v) is 6.91. The first kappa shape index (κ1) is 11.4. The first-order valence-electron chi connectivity index (χ1n) is 5.10. The van der Waals surface area contributed by atoms with Gasteiger partial charge in [-0.1, -0.05) is 30.0 Å². The van der Waals surface area contributed by atoms with Crippen LogP contribution in [0.2, 0.25) is 0 Å². The van der Waals surface area contributed by atoms with Gasteiger partial charge in [-0.3, -0.25) is 4.98 Å². The lowest BCUT2D eigenvalue weighted by Crippen LogP contribution is -1.86. The number of nitrogen functional groups attached to an aromatic ring is 1. The van der Waals surface area contributed by atoms with Crippen LogP contribution < -0.4 is 5.73 Å². The quantitative estimate of drug-likeness (QED) is 0.847. The molecule has 16 heavy (non-hydrogen) atoms. The van der Waals surface area contributed by atoms with Gasteiger partial charge < -0.3 is 5.73 Å². The maximum atomic E-state index is 5.96. The predicted octanol–water partition coefficient (Wildman–Crippen LogP) is 3.29. The van der Waals surface area contributed by atoms with Crippen LogP contribution in [-0.4, -0.2) is 15.7 Å². The number of nitrogens with zero attached hydrogens (tertiary/aromatic N) is 2. The number of hydrogen-bond acceptors (Lipinski definition) is 5. The SMILES string of the molecule is CCCSc1nc(-c2cccnc2)c(N)s1. The zero-order chi connectivity index (χ0) is 11.4. The van der Waals surface area contributed by atoms with Crippen molar-refractivity contribution in [3.63, 3.8) is 0 Å². The molecule has 0 fully saturated rings. The van der Waals surface area contributed by atoms with Crippen molar-refractivity contribution in [2.45, 2.75) is 17.7 Å². The van der Waals surface area contributed by atoms with E-state index in [-0.39, 0.29) is 0 Å². The molecule has 0 aliphatic carbocycles. The van der Waals surface area contributed by atoms with E-state index in [4.69, 9.17) is 5.73 Å². The summed E-state index contributed by atoms with van der Waals surface area (Å²) in [6.07, 6.45) is 4.69. The predicted molar refractivity (Wildman–Crippen MR) is 70.8 cm³/mol. The van der Waals surface area contributed by atoms with Gasteiger partial charge in [-0.2, -0.15) is 0 Å². The van der Waals surface area contributed by atoms with Gasteiger partial charge in [0.1, 0.15) is 10.7 Å². The van der Waals surface area contributed by atoms with Crippen molar-refractivity contribution in [1.82, 2.24) is 9.97 Å². The molecule has 0 bridgehead atoms. The van der Waals surface area contributed by atoms with Gasteiger partial charge in [-0.15, -0.1) is 0 Å². The van der Waals surface area contributed by atoms with Crippen LogP contribution in [0.25, 0.3) is 11.3 Å². The highest BCUT2D eigenvalue weighted by Crippen LogP contribution is 2.35. The van der Waals surface area contributed by atoms with Gasteiger partial charge in [0, 0.05) is 23.7 Å². The molecule has 2 aromatic rings. The number of pyridine rings is 1. The summed E-state index contributed by atoms with van der Waals surface area (Å²) >= 11 is 3.31. The Kier molecular flexibility index (Phi) is 3.79. The fourth-order valence-corrected chi connectivity index (χ4v) is 3.15. The van der Waals surface area contributed by atoms with E-state index < -0.39 is 0 Å². The monoisotopic (exact) mass is 251 g/mol. The largest absolute Gasteiger partial charge is 0.389 e. The summed E-state index contributed by atoms with van der Waals surface area (Å²) < 4.78 is 1.04. The van der Waals surface area contributed by atoms with Crippen molar-refractivity contribution in [3.8, 4) is 11.3 Å². The third kappa shape index (κ3) is 2.54. The molecule has 0 aliphatic heterocycles. The van der Waals surface area contributed by atoms with Crippen molar-refractivity contribution in [3.05, 3.63) is 24.5 Å². The number of aromatic nitrogens is 2. The molecule has 0 spiro atoms. The van der Waals surface area contributed by atoms with Crippen LogP contribution in [0.15, 0.2) is 28.9 Å². The minimum absolute atomic E-state index is 0.770. The number of thioether (sulfide) groups is 1. The average molecular weight is 251 g/mol. The zero-order valence-electron chi connectivity index (χ0n) is 9.01. The minimum atomic E-state index is 0.770. The molecule has 0 aliphatic rings. The average Bonchev–Trinajstić information content (AvgIpc) is 2.69. The van der Waals surface area contributed by atoms with Crippen molar-refractivity contribution in [2.75, 3.05) is 11.5 Å². The second-order valence-corrected chi connectivity index (χ2v) is 5.66. The highest BCUT2D eigenvalue weighted by Gasteiger charge is 2.10. The summed E-state index contributed by atoms with van der Waals surface area (Å²) in [6.45, 7) is 2.16. The molecule has 5 heteroatoms. The van der Waals surface area contributed by atoms with Gasteiger partial charge in [0.05, 0.1) is 0 Å². The maximum absolute atomic E-state index is 5.96. The molecule has 0 aromatic carbocycles. The molecule has 2 aromatic heterocycles. The first-order chi connectivity index (χ1) is 7.81. The minimum Gasteiger partial charge on any atom is -0.389 e. The van der Waals surface area contributed by atoms with Crippen molar-refractivity contribution in [2.24, 2.45) is 0 Å². The summed E-state index contributed by atoms with van der Waals surface area (Å²) in [5, 5.41) is 0.770. The second-order valence-electron chi connectivity index (χ2n) is 3.28. The molecule has 2 rings (SSSR count). The molecular weight excluding hydrogens is 238 g/mol. The van der Waals surface area contributed by atoms with Gasteiger partial charge in [0.25, 0.3) is 0 Å². The molecule has 0 atom stereocenters. The van der Waals surface area contributed by atoms with Crippen molar-refractivity contribution < 1.29 is 0 Å². The fourth-order valence-electron chi connectivity index (χ4n) is 1.27. The fraction of sp³-hybridized carbons (Fsp3) is 0.273. The lowest BCUT2D eigenvalue weighted by molar-refractivity contribution is 1.10. The van der Waals surface area contributed by atoms with E-state index >= 15 is 0 Å². The molecule has 0 saturated carbocycles. The van der Waals surface area contributed by atoms with E-state index in [0.29, 0.717) is 0 Å². The van der Waals surface area contributed by atoms with Crippen LogP contribution >= 0.6 is 23.1 Å². The van der Waals surface area contributed by atoms with E-state index in [1.165, 1.54) is 0 Å². The smallest absolute Gasteiger partial charge is 0.152 e. The Bertz CT molecular complexity index is 454. The molecule has 2 heterocycles. The Morgan fingerprint density at radius 1 is 1.50 bits per heavy atom. The zero-order valence-corrected chi connectivity index (χ0v) is 10.6. The molecule has 0 amide bonds. The summed E-state index contributed by atoms with van der Waals surface area (Å²) in [7, 11) is 0. The van der Waals surface area contributed by atoms with Crippen molar-refractivity contribution in [1.29, 1.82) is 0 Å². The number of thiazole rings is 1. The lowest BCUT2D eigenvalue weighted by Gasteiger charge is -1.95. The van der Waals surface area contributed by atoms with E-state index in [9.17, 15) is 0 Å². The van der Waals surface area contributed by atoms with Gasteiger partial charge in [0.2, 0.25) is 0 Å². The molecule has 0 radical (unpaired) electrons. The number of nitrogens with two attached hydrogens (primary N) is 1. The molecule has 2 N–H and O–H groups in total. The van der Waals surface area contributed by atoms with Crippen LogP contribution in [0.1, 0.15) is 13.3 Å². The standard InChI is InChI=1S/C11H13N3S2/c1-2-6-15-11-14-9(10(12)16-11)8-4-3-5-13-7-8/h3-5,7H,2,6,12H2,1H3. The normalized spacial score (nSPS) is 10.6. The second kappa shape index (κ2) is 5.32. The van der Waals surface area contributed by atoms with Crippen LogP contribution in [0.5, 0.6) is 0 Å². The lowest BCUT2D eigenvalue weighted by atomic mass is 10.2. The van der Waals surface area contributed by atoms with Gasteiger partial charge in [0.15, 0.2) is 4.34 Å². The van der Waals surface area contributed by atoms with E-state index in [2.05, 4.69) is 16.9 Å². The van der Waals surface area contributed by atoms with Crippen LogP contribution in [-0.2, 0) is 0 Å². The third-order valence-corrected chi connectivity index (χ3v) is 4.23. The Morgan fingerprint density at radius 2 is 2.38 bits per heavy atom. The van der Waals surface area contributed by atoms with E-state index in [0.717, 1.165) is 32.8 Å². The molecule has 3 nitrogen and oxygen atoms in total. The van der Waals surface area contributed by atoms with Crippen LogP contribution in [0, 0.1) is 0 Å². The molecule has 0 saturated heterocycles. The van der Waals surface area contributed by atoms with Gasteiger partial charge >= 0.3 is 0 Å². The Labute approximate surface area is 103 Å². The number of rotatable bonds is 4. The van der Waals surface area contributed by atoms with Crippen molar-refractivity contribution >= 4 is 28.1 Å². The molecule has 84 valence electrons. The highest BCUT2D eigenvalue weighted by molar-refractivity contribution is 8.01. The van der Waals surface area contributed by atoms with Gasteiger partial charge in [-0.25, -0.2) is 4.98 Å². The van der Waals surface area contributed by atoms with Crippen LogP contribution in [0.4, 0.5) is 5.00 Å². The third-order valence-electron chi connectivity index (χ3n) is 2.00. The summed E-state index contributed by atoms with van der Waals surface area (Å²) in [5.41, 5.74) is 7.80.